The number of nitrogens with one attached hydrogen (secondary N) is 1. The maximum absolute atomic E-state index is 13.1. The lowest BCUT2D eigenvalue weighted by molar-refractivity contribution is 0.0942. The SMILES string of the molecule is O=C(NCc1ccccc1)c1nn(CCO)c2c1CN(Cc1ccn(-c3ccccc3)c1)CC2. The van der Waals surface area contributed by atoms with E-state index in [2.05, 4.69) is 50.5 Å². The van der Waals surface area contributed by atoms with Crippen LogP contribution in [0.1, 0.15) is 32.9 Å². The smallest absolute Gasteiger partial charge is 0.272 e. The van der Waals surface area contributed by atoms with Crippen LogP contribution in [0.25, 0.3) is 5.69 Å². The number of para-hydroxylation sites is 1. The average Bonchev–Trinajstić information content (AvgIpc) is 3.49. The Hall–Kier alpha value is -3.68. The third-order valence-electron chi connectivity index (χ3n) is 6.25. The van der Waals surface area contributed by atoms with E-state index in [9.17, 15) is 9.90 Å². The molecule has 0 unspecified atom stereocenters. The zero-order valence-electron chi connectivity index (χ0n) is 19.1. The van der Waals surface area contributed by atoms with E-state index >= 15 is 0 Å². The summed E-state index contributed by atoms with van der Waals surface area (Å²) in [5.41, 5.74) is 5.89. The van der Waals surface area contributed by atoms with Crippen molar-refractivity contribution in [2.75, 3.05) is 13.2 Å². The second-order valence-corrected chi connectivity index (χ2v) is 8.61. The largest absolute Gasteiger partial charge is 0.394 e. The third-order valence-corrected chi connectivity index (χ3v) is 6.25. The minimum absolute atomic E-state index is 0.00406. The monoisotopic (exact) mass is 455 g/mol. The highest BCUT2D eigenvalue weighted by atomic mass is 16.3. The van der Waals surface area contributed by atoms with Crippen molar-refractivity contribution in [2.24, 2.45) is 0 Å². The van der Waals surface area contributed by atoms with Gasteiger partial charge in [-0.2, -0.15) is 5.10 Å². The molecule has 0 fully saturated rings. The van der Waals surface area contributed by atoms with E-state index < -0.39 is 0 Å². The molecule has 1 aliphatic rings. The van der Waals surface area contributed by atoms with E-state index in [1.807, 2.05) is 48.5 Å². The Balaban J connectivity index is 1.31. The summed E-state index contributed by atoms with van der Waals surface area (Å²) in [6.07, 6.45) is 5.04. The molecule has 7 nitrogen and oxygen atoms in total. The predicted octanol–water partition coefficient (Wildman–Crippen LogP) is 3.15. The van der Waals surface area contributed by atoms with Crippen LogP contribution >= 0.6 is 0 Å². The Morgan fingerprint density at radius 1 is 1.00 bits per heavy atom. The molecule has 1 aliphatic heterocycles. The molecule has 0 saturated heterocycles. The molecule has 1 amide bonds. The standard InChI is InChI=1S/C27H29N5O2/c33-16-15-32-25-12-13-30(18-22-11-14-31(19-22)23-9-5-2-6-10-23)20-24(25)26(29-32)27(34)28-17-21-7-3-1-4-8-21/h1-11,14,19,33H,12-13,15-18,20H2,(H,28,34). The van der Waals surface area contributed by atoms with Gasteiger partial charge in [-0.1, -0.05) is 48.5 Å². The van der Waals surface area contributed by atoms with Crippen molar-refractivity contribution >= 4 is 5.91 Å². The first-order chi connectivity index (χ1) is 16.7. The fourth-order valence-electron chi connectivity index (χ4n) is 4.56. The highest BCUT2D eigenvalue weighted by Crippen LogP contribution is 2.25. The van der Waals surface area contributed by atoms with Crippen LogP contribution < -0.4 is 5.32 Å². The fraction of sp³-hybridized carbons (Fsp3) is 0.259. The van der Waals surface area contributed by atoms with Gasteiger partial charge in [0.05, 0.1) is 13.2 Å². The van der Waals surface area contributed by atoms with Gasteiger partial charge >= 0.3 is 0 Å². The van der Waals surface area contributed by atoms with Crippen LogP contribution in [0.5, 0.6) is 0 Å². The van der Waals surface area contributed by atoms with Crippen LogP contribution in [0.4, 0.5) is 0 Å². The van der Waals surface area contributed by atoms with Gasteiger partial charge in [-0.3, -0.25) is 14.4 Å². The molecule has 0 atom stereocenters. The first-order valence-electron chi connectivity index (χ1n) is 11.7. The molecule has 0 radical (unpaired) electrons. The van der Waals surface area contributed by atoms with Crippen molar-refractivity contribution in [3.8, 4) is 5.69 Å². The minimum Gasteiger partial charge on any atom is -0.394 e. The molecule has 4 aromatic rings. The molecule has 7 heteroatoms. The number of fused-ring (bicyclic) bond motifs is 1. The maximum atomic E-state index is 13.1. The summed E-state index contributed by atoms with van der Waals surface area (Å²) in [5.74, 6) is -0.172. The van der Waals surface area contributed by atoms with E-state index in [-0.39, 0.29) is 12.5 Å². The molecular formula is C27H29N5O2. The molecule has 3 heterocycles. The van der Waals surface area contributed by atoms with Crippen molar-refractivity contribution in [3.05, 3.63) is 107 Å². The first kappa shape index (κ1) is 22.1. The number of aliphatic hydroxyl groups excluding tert-OH is 1. The fourth-order valence-corrected chi connectivity index (χ4v) is 4.56. The summed E-state index contributed by atoms with van der Waals surface area (Å²) in [7, 11) is 0. The summed E-state index contributed by atoms with van der Waals surface area (Å²) < 4.78 is 3.93. The van der Waals surface area contributed by atoms with Crippen molar-refractivity contribution in [2.45, 2.75) is 32.6 Å². The molecule has 2 aromatic heterocycles. The molecule has 34 heavy (non-hydrogen) atoms. The Kier molecular flexibility index (Phi) is 6.56. The van der Waals surface area contributed by atoms with Gasteiger partial charge in [0, 0.05) is 61.9 Å². The normalized spacial score (nSPS) is 13.6. The number of amides is 1. The van der Waals surface area contributed by atoms with Gasteiger partial charge in [-0.05, 0) is 29.3 Å². The van der Waals surface area contributed by atoms with Crippen LogP contribution in [0.15, 0.2) is 79.1 Å². The van der Waals surface area contributed by atoms with E-state index in [4.69, 9.17) is 0 Å². The third kappa shape index (κ3) is 4.81. The second-order valence-electron chi connectivity index (χ2n) is 8.61. The van der Waals surface area contributed by atoms with Crippen LogP contribution in [0.2, 0.25) is 0 Å². The molecule has 2 N–H and O–H groups in total. The van der Waals surface area contributed by atoms with Crippen LogP contribution in [0.3, 0.4) is 0 Å². The lowest BCUT2D eigenvalue weighted by atomic mass is 10.0. The van der Waals surface area contributed by atoms with Gasteiger partial charge < -0.3 is 15.0 Å². The lowest BCUT2D eigenvalue weighted by Crippen LogP contribution is -2.32. The molecule has 174 valence electrons. The Labute approximate surface area is 199 Å². The highest BCUT2D eigenvalue weighted by Gasteiger charge is 2.28. The number of rotatable bonds is 8. The summed E-state index contributed by atoms with van der Waals surface area (Å²) in [5, 5.41) is 17.1. The van der Waals surface area contributed by atoms with Gasteiger partial charge in [-0.15, -0.1) is 0 Å². The topological polar surface area (TPSA) is 75.3 Å². The van der Waals surface area contributed by atoms with Crippen molar-refractivity contribution < 1.29 is 9.90 Å². The summed E-state index contributed by atoms with van der Waals surface area (Å²) in [4.78, 5) is 15.4. The number of benzene rings is 2. The van der Waals surface area contributed by atoms with Gasteiger partial charge in [0.25, 0.3) is 5.91 Å². The quantitative estimate of drug-likeness (QED) is 0.428. The maximum Gasteiger partial charge on any atom is 0.272 e. The Bertz CT molecular complexity index is 1250. The molecular weight excluding hydrogens is 426 g/mol. The second kappa shape index (κ2) is 10.1. The van der Waals surface area contributed by atoms with Crippen LogP contribution in [0, 0.1) is 0 Å². The zero-order valence-corrected chi connectivity index (χ0v) is 19.1. The van der Waals surface area contributed by atoms with Crippen molar-refractivity contribution in [1.82, 2.24) is 24.6 Å². The number of aliphatic hydroxyl groups is 1. The number of carbonyl (C=O) groups is 1. The van der Waals surface area contributed by atoms with E-state index in [0.29, 0.717) is 25.3 Å². The van der Waals surface area contributed by atoms with Gasteiger partial charge in [0.1, 0.15) is 0 Å². The van der Waals surface area contributed by atoms with E-state index in [1.165, 1.54) is 5.56 Å². The van der Waals surface area contributed by atoms with Crippen molar-refractivity contribution in [3.63, 3.8) is 0 Å². The van der Waals surface area contributed by atoms with Crippen LogP contribution in [-0.4, -0.2) is 43.4 Å². The summed E-state index contributed by atoms with van der Waals surface area (Å²) in [6.45, 7) is 3.19. The molecule has 2 aromatic carbocycles. The van der Waals surface area contributed by atoms with Crippen molar-refractivity contribution in [1.29, 1.82) is 0 Å². The lowest BCUT2D eigenvalue weighted by Gasteiger charge is -2.27. The van der Waals surface area contributed by atoms with Gasteiger partial charge in [-0.25, -0.2) is 0 Å². The highest BCUT2D eigenvalue weighted by molar-refractivity contribution is 5.94. The summed E-state index contributed by atoms with van der Waals surface area (Å²) >= 11 is 0. The molecule has 0 bridgehead atoms. The molecule has 0 spiro atoms. The Morgan fingerprint density at radius 3 is 2.53 bits per heavy atom. The molecule has 5 rings (SSSR count). The first-order valence-corrected chi connectivity index (χ1v) is 11.7. The van der Waals surface area contributed by atoms with Crippen LogP contribution in [-0.2, 0) is 32.6 Å². The number of aromatic nitrogens is 3. The summed E-state index contributed by atoms with van der Waals surface area (Å²) in [6, 6.07) is 22.3. The van der Waals surface area contributed by atoms with Gasteiger partial charge in [0.15, 0.2) is 5.69 Å². The molecule has 0 saturated carbocycles. The number of carbonyl (C=O) groups excluding carboxylic acids is 1. The minimum atomic E-state index is -0.172. The molecule has 0 aliphatic carbocycles. The predicted molar refractivity (Wildman–Crippen MR) is 131 cm³/mol. The van der Waals surface area contributed by atoms with E-state index in [1.54, 1.807) is 4.68 Å². The number of hydrogen-bond donors (Lipinski definition) is 2. The average molecular weight is 456 g/mol. The number of nitrogens with zero attached hydrogens (tertiary/aromatic N) is 4. The number of hydrogen-bond acceptors (Lipinski definition) is 4. The zero-order chi connectivity index (χ0) is 23.3. The van der Waals surface area contributed by atoms with E-state index in [0.717, 1.165) is 42.0 Å². The van der Waals surface area contributed by atoms with Gasteiger partial charge in [0.2, 0.25) is 0 Å². The Morgan fingerprint density at radius 2 is 1.76 bits per heavy atom.